The lowest BCUT2D eigenvalue weighted by molar-refractivity contribution is -0.133. The molecule has 1 rings (SSSR count). The summed E-state index contributed by atoms with van der Waals surface area (Å²) in [5.41, 5.74) is 0.108. The van der Waals surface area contributed by atoms with Crippen LogP contribution in [0.5, 0.6) is 0 Å². The Balaban J connectivity index is 3.34. The summed E-state index contributed by atoms with van der Waals surface area (Å²) in [7, 11) is 1.37. The zero-order valence-electron chi connectivity index (χ0n) is 9.07. The van der Waals surface area contributed by atoms with Gasteiger partial charge >= 0.3 is 0 Å². The van der Waals surface area contributed by atoms with Gasteiger partial charge in [-0.1, -0.05) is 29.8 Å². The van der Waals surface area contributed by atoms with Gasteiger partial charge in [0.2, 0.25) is 5.60 Å². The molecule has 0 aliphatic heterocycles. The van der Waals surface area contributed by atoms with Crippen LogP contribution in [0.4, 0.5) is 0 Å². The van der Waals surface area contributed by atoms with E-state index >= 15 is 0 Å². The summed E-state index contributed by atoms with van der Waals surface area (Å²) in [6.07, 6.45) is 0. The van der Waals surface area contributed by atoms with Crippen molar-refractivity contribution in [3.05, 3.63) is 35.4 Å². The summed E-state index contributed by atoms with van der Waals surface area (Å²) in [6, 6.07) is 9.15. The highest BCUT2D eigenvalue weighted by molar-refractivity contribution is 5.89. The Labute approximate surface area is 89.3 Å². The van der Waals surface area contributed by atoms with E-state index in [0.29, 0.717) is 5.56 Å². The third-order valence-electron chi connectivity index (χ3n) is 2.38. The molecule has 0 N–H and O–H groups in total. The van der Waals surface area contributed by atoms with Crippen LogP contribution in [-0.2, 0) is 15.1 Å². The number of benzene rings is 1. The van der Waals surface area contributed by atoms with Crippen molar-refractivity contribution in [2.75, 3.05) is 7.11 Å². The third-order valence-corrected chi connectivity index (χ3v) is 2.38. The van der Waals surface area contributed by atoms with Crippen LogP contribution >= 0.6 is 0 Å². The molecule has 0 saturated heterocycles. The van der Waals surface area contributed by atoms with Crippen LogP contribution in [0.1, 0.15) is 18.1 Å². The summed E-state index contributed by atoms with van der Waals surface area (Å²) in [5.74, 6) is -0.307. The lowest BCUT2D eigenvalue weighted by Gasteiger charge is -2.22. The van der Waals surface area contributed by atoms with Crippen molar-refractivity contribution < 1.29 is 9.53 Å². The molecule has 3 nitrogen and oxygen atoms in total. The maximum atomic E-state index is 11.5. The third kappa shape index (κ3) is 1.90. The Morgan fingerprint density at radius 1 is 1.53 bits per heavy atom. The average Bonchev–Trinajstić information content (AvgIpc) is 2.20. The van der Waals surface area contributed by atoms with E-state index in [9.17, 15) is 4.79 Å². The standard InChI is InChI=1S/C12H13NO2/c1-9-5-4-6-11(7-9)12(8-13,15-3)10(2)14/h4-7H,1-3H3. The van der Waals surface area contributed by atoms with Crippen molar-refractivity contribution >= 4 is 5.78 Å². The fourth-order valence-electron chi connectivity index (χ4n) is 1.52. The minimum atomic E-state index is -1.47. The van der Waals surface area contributed by atoms with Crippen LogP contribution in [0.3, 0.4) is 0 Å². The predicted molar refractivity (Wildman–Crippen MR) is 56.2 cm³/mol. The molecule has 3 heteroatoms. The first kappa shape index (κ1) is 11.4. The Hall–Kier alpha value is -1.66. The second kappa shape index (κ2) is 4.24. The van der Waals surface area contributed by atoms with E-state index in [2.05, 4.69) is 0 Å². The van der Waals surface area contributed by atoms with E-state index in [4.69, 9.17) is 10.00 Å². The molecule has 0 heterocycles. The molecule has 0 aliphatic carbocycles. The van der Waals surface area contributed by atoms with Gasteiger partial charge in [-0.05, 0) is 13.8 Å². The molecule has 0 bridgehead atoms. The summed E-state index contributed by atoms with van der Waals surface area (Å²) >= 11 is 0. The van der Waals surface area contributed by atoms with Gasteiger partial charge in [0.1, 0.15) is 6.07 Å². The number of hydrogen-bond acceptors (Lipinski definition) is 3. The van der Waals surface area contributed by atoms with Crippen molar-refractivity contribution in [1.29, 1.82) is 5.26 Å². The molecule has 0 aliphatic rings. The van der Waals surface area contributed by atoms with Gasteiger partial charge < -0.3 is 4.74 Å². The Morgan fingerprint density at radius 3 is 2.60 bits per heavy atom. The molecule has 78 valence electrons. The van der Waals surface area contributed by atoms with Crippen molar-refractivity contribution in [3.63, 3.8) is 0 Å². The van der Waals surface area contributed by atoms with Gasteiger partial charge in [0.15, 0.2) is 5.78 Å². The number of methoxy groups -OCH3 is 1. The van der Waals surface area contributed by atoms with E-state index in [0.717, 1.165) is 5.56 Å². The molecule has 0 radical (unpaired) electrons. The average molecular weight is 203 g/mol. The molecule has 0 saturated carbocycles. The summed E-state index contributed by atoms with van der Waals surface area (Å²) in [4.78, 5) is 11.5. The molecular weight excluding hydrogens is 190 g/mol. The molecule has 1 aromatic carbocycles. The van der Waals surface area contributed by atoms with Crippen LogP contribution in [-0.4, -0.2) is 12.9 Å². The minimum Gasteiger partial charge on any atom is -0.353 e. The zero-order chi connectivity index (χ0) is 11.5. The van der Waals surface area contributed by atoms with Crippen LogP contribution in [0.25, 0.3) is 0 Å². The van der Waals surface area contributed by atoms with E-state index in [1.54, 1.807) is 18.2 Å². The smallest absolute Gasteiger partial charge is 0.237 e. The van der Waals surface area contributed by atoms with Crippen molar-refractivity contribution in [2.24, 2.45) is 0 Å². The van der Waals surface area contributed by atoms with E-state index in [-0.39, 0.29) is 5.78 Å². The molecule has 1 unspecified atom stereocenters. The largest absolute Gasteiger partial charge is 0.353 e. The lowest BCUT2D eigenvalue weighted by Crippen LogP contribution is -2.34. The normalized spacial score (nSPS) is 14.0. The number of ketones is 1. The van der Waals surface area contributed by atoms with Gasteiger partial charge in [0.25, 0.3) is 0 Å². The first-order chi connectivity index (χ1) is 7.06. The Kier molecular flexibility index (Phi) is 3.23. The van der Waals surface area contributed by atoms with Crippen LogP contribution < -0.4 is 0 Å². The molecule has 15 heavy (non-hydrogen) atoms. The first-order valence-corrected chi connectivity index (χ1v) is 4.61. The highest BCUT2D eigenvalue weighted by Crippen LogP contribution is 2.26. The van der Waals surface area contributed by atoms with Gasteiger partial charge in [-0.3, -0.25) is 4.79 Å². The maximum Gasteiger partial charge on any atom is 0.237 e. The quantitative estimate of drug-likeness (QED) is 0.754. The topological polar surface area (TPSA) is 50.1 Å². The fraction of sp³-hybridized carbons (Fsp3) is 0.333. The number of carbonyl (C=O) groups is 1. The molecule has 1 aromatic rings. The molecule has 0 spiro atoms. The summed E-state index contributed by atoms with van der Waals surface area (Å²) < 4.78 is 5.08. The number of nitriles is 1. The zero-order valence-corrected chi connectivity index (χ0v) is 9.07. The van der Waals surface area contributed by atoms with Gasteiger partial charge in [-0.25, -0.2) is 0 Å². The molecule has 0 aromatic heterocycles. The number of hydrogen-bond donors (Lipinski definition) is 0. The monoisotopic (exact) mass is 203 g/mol. The van der Waals surface area contributed by atoms with Crippen molar-refractivity contribution in [1.82, 2.24) is 0 Å². The number of carbonyl (C=O) groups excluding carboxylic acids is 1. The van der Waals surface area contributed by atoms with E-state index in [1.807, 2.05) is 19.1 Å². The van der Waals surface area contributed by atoms with Gasteiger partial charge in [-0.15, -0.1) is 0 Å². The second-order valence-corrected chi connectivity index (χ2v) is 3.42. The number of nitrogens with zero attached hydrogens (tertiary/aromatic N) is 1. The van der Waals surface area contributed by atoms with Crippen LogP contribution in [0.15, 0.2) is 24.3 Å². The fourth-order valence-corrected chi connectivity index (χ4v) is 1.52. The van der Waals surface area contributed by atoms with Gasteiger partial charge in [0, 0.05) is 12.7 Å². The number of ether oxygens (including phenoxy) is 1. The highest BCUT2D eigenvalue weighted by Gasteiger charge is 2.37. The summed E-state index contributed by atoms with van der Waals surface area (Å²) in [6.45, 7) is 3.26. The molecular formula is C12H13NO2. The Morgan fingerprint density at radius 2 is 2.20 bits per heavy atom. The molecule has 0 amide bonds. The molecule has 1 atom stereocenters. The van der Waals surface area contributed by atoms with Crippen LogP contribution in [0.2, 0.25) is 0 Å². The SMILES string of the molecule is COC(C#N)(C(C)=O)c1cccc(C)c1. The lowest BCUT2D eigenvalue weighted by atomic mass is 9.90. The molecule has 0 fully saturated rings. The maximum absolute atomic E-state index is 11.5. The van der Waals surface area contributed by atoms with E-state index < -0.39 is 5.60 Å². The van der Waals surface area contributed by atoms with Gasteiger partial charge in [0.05, 0.1) is 0 Å². The Bertz CT molecular complexity index is 420. The number of aryl methyl sites for hydroxylation is 1. The van der Waals surface area contributed by atoms with Gasteiger partial charge in [-0.2, -0.15) is 5.26 Å². The van der Waals surface area contributed by atoms with Crippen molar-refractivity contribution in [2.45, 2.75) is 19.4 Å². The van der Waals surface area contributed by atoms with E-state index in [1.165, 1.54) is 14.0 Å². The van der Waals surface area contributed by atoms with Crippen molar-refractivity contribution in [3.8, 4) is 6.07 Å². The van der Waals surface area contributed by atoms with Crippen LogP contribution in [0, 0.1) is 18.3 Å². The second-order valence-electron chi connectivity index (χ2n) is 3.42. The number of Topliss-reactive ketones (excluding diaryl/α,β-unsaturated/α-hetero) is 1. The minimum absolute atomic E-state index is 0.307. The highest BCUT2D eigenvalue weighted by atomic mass is 16.5. The number of rotatable bonds is 3. The first-order valence-electron chi connectivity index (χ1n) is 4.61. The summed E-state index contributed by atoms with van der Waals surface area (Å²) in [5, 5.41) is 9.10. The predicted octanol–water partition coefficient (Wildman–Crippen LogP) is 1.95.